The molecule has 4 nitrogen and oxygen atoms in total. The number of benzene rings is 1. The van der Waals surface area contributed by atoms with Crippen molar-refractivity contribution in [2.45, 2.75) is 19.9 Å². The minimum Gasteiger partial charge on any atom is -0.309 e. The second kappa shape index (κ2) is 8.42. The van der Waals surface area contributed by atoms with Crippen LogP contribution >= 0.6 is 0 Å². The number of hydrogen-bond donors (Lipinski definition) is 0. The molecule has 22 heavy (non-hydrogen) atoms. The third-order valence-electron chi connectivity index (χ3n) is 4.38. The Morgan fingerprint density at radius 3 is 2.18 bits per heavy atom. The van der Waals surface area contributed by atoms with Crippen LogP contribution in [0.3, 0.4) is 0 Å². The number of likely N-dealkylation sites (N-methyl/N-ethyl adjacent to an activating group) is 1. The van der Waals surface area contributed by atoms with Crippen LogP contribution in [0.5, 0.6) is 0 Å². The Bertz CT molecular complexity index is 462. The van der Waals surface area contributed by atoms with Gasteiger partial charge in [-0.15, -0.1) is 0 Å². The van der Waals surface area contributed by atoms with E-state index in [0.29, 0.717) is 6.42 Å². The minimum atomic E-state index is 0.233. The van der Waals surface area contributed by atoms with Gasteiger partial charge < -0.3 is 9.80 Å². The van der Waals surface area contributed by atoms with E-state index in [-0.39, 0.29) is 5.78 Å². The van der Waals surface area contributed by atoms with Crippen molar-refractivity contribution in [3.63, 3.8) is 0 Å². The molecule has 1 aromatic rings. The summed E-state index contributed by atoms with van der Waals surface area (Å²) in [6, 6.07) is 8.18. The SMILES string of the molecule is CCN1CCN(Cc2ccc(C(=O)CCN(C)C)cc2)CC1. The lowest BCUT2D eigenvalue weighted by Crippen LogP contribution is -2.45. The van der Waals surface area contributed by atoms with Crippen molar-refractivity contribution < 1.29 is 4.79 Å². The average Bonchev–Trinajstić information content (AvgIpc) is 2.54. The lowest BCUT2D eigenvalue weighted by molar-refractivity contribution is 0.0972. The van der Waals surface area contributed by atoms with Crippen LogP contribution in [-0.4, -0.2) is 73.8 Å². The monoisotopic (exact) mass is 303 g/mol. The highest BCUT2D eigenvalue weighted by molar-refractivity contribution is 5.96. The number of ketones is 1. The number of piperazine rings is 1. The van der Waals surface area contributed by atoms with Crippen molar-refractivity contribution in [2.24, 2.45) is 0 Å². The maximum atomic E-state index is 12.1. The first-order chi connectivity index (χ1) is 10.6. The largest absolute Gasteiger partial charge is 0.309 e. The second-order valence-electron chi connectivity index (χ2n) is 6.38. The van der Waals surface area contributed by atoms with Crippen molar-refractivity contribution in [1.29, 1.82) is 0 Å². The summed E-state index contributed by atoms with van der Waals surface area (Å²) in [5, 5.41) is 0. The van der Waals surface area contributed by atoms with E-state index in [1.807, 2.05) is 31.1 Å². The number of carbonyl (C=O) groups is 1. The first kappa shape index (κ1) is 17.1. The molecular weight excluding hydrogens is 274 g/mol. The van der Waals surface area contributed by atoms with Gasteiger partial charge in [0, 0.05) is 51.3 Å². The van der Waals surface area contributed by atoms with Crippen LogP contribution in [0.15, 0.2) is 24.3 Å². The van der Waals surface area contributed by atoms with Crippen LogP contribution in [0, 0.1) is 0 Å². The summed E-state index contributed by atoms with van der Waals surface area (Å²) in [7, 11) is 3.99. The van der Waals surface area contributed by atoms with Crippen molar-refractivity contribution in [3.05, 3.63) is 35.4 Å². The topological polar surface area (TPSA) is 26.8 Å². The molecular formula is C18H29N3O. The summed E-state index contributed by atoms with van der Waals surface area (Å²) in [4.78, 5) is 19.1. The third kappa shape index (κ3) is 5.20. The molecule has 0 N–H and O–H groups in total. The normalized spacial score (nSPS) is 17.1. The molecule has 0 radical (unpaired) electrons. The number of rotatable bonds is 7. The Kier molecular flexibility index (Phi) is 6.55. The molecule has 1 fully saturated rings. The van der Waals surface area contributed by atoms with E-state index < -0.39 is 0 Å². The van der Waals surface area contributed by atoms with Crippen LogP contribution in [0.1, 0.15) is 29.3 Å². The molecule has 0 aromatic heterocycles. The van der Waals surface area contributed by atoms with Gasteiger partial charge in [-0.1, -0.05) is 31.2 Å². The average molecular weight is 303 g/mol. The Balaban J connectivity index is 1.83. The van der Waals surface area contributed by atoms with Gasteiger partial charge in [-0.3, -0.25) is 9.69 Å². The van der Waals surface area contributed by atoms with E-state index in [0.717, 1.165) is 51.4 Å². The zero-order valence-electron chi connectivity index (χ0n) is 14.2. The summed E-state index contributed by atoms with van der Waals surface area (Å²) in [6.07, 6.45) is 0.589. The Morgan fingerprint density at radius 2 is 1.64 bits per heavy atom. The number of hydrogen-bond acceptors (Lipinski definition) is 4. The predicted molar refractivity (Wildman–Crippen MR) is 91.3 cm³/mol. The van der Waals surface area contributed by atoms with Crippen molar-refractivity contribution in [2.75, 3.05) is 53.4 Å². The predicted octanol–water partition coefficient (Wildman–Crippen LogP) is 1.96. The summed E-state index contributed by atoms with van der Waals surface area (Å²) in [6.45, 7) is 9.77. The smallest absolute Gasteiger partial charge is 0.164 e. The molecule has 122 valence electrons. The Hall–Kier alpha value is -1.23. The van der Waals surface area contributed by atoms with E-state index in [4.69, 9.17) is 0 Å². The van der Waals surface area contributed by atoms with Gasteiger partial charge in [0.15, 0.2) is 5.78 Å². The molecule has 0 amide bonds. The summed E-state index contributed by atoms with van der Waals surface area (Å²) < 4.78 is 0. The minimum absolute atomic E-state index is 0.233. The van der Waals surface area contributed by atoms with Crippen LogP contribution in [0.2, 0.25) is 0 Å². The molecule has 0 unspecified atom stereocenters. The van der Waals surface area contributed by atoms with Crippen molar-refractivity contribution >= 4 is 5.78 Å². The highest BCUT2D eigenvalue weighted by atomic mass is 16.1. The van der Waals surface area contributed by atoms with E-state index in [1.165, 1.54) is 5.56 Å². The van der Waals surface area contributed by atoms with Crippen LogP contribution < -0.4 is 0 Å². The third-order valence-corrected chi connectivity index (χ3v) is 4.38. The molecule has 4 heteroatoms. The fourth-order valence-corrected chi connectivity index (χ4v) is 2.79. The van der Waals surface area contributed by atoms with Crippen LogP contribution in [0.4, 0.5) is 0 Å². The number of carbonyl (C=O) groups excluding carboxylic acids is 1. The molecule has 0 bridgehead atoms. The lowest BCUT2D eigenvalue weighted by atomic mass is 10.1. The molecule has 1 aliphatic heterocycles. The van der Waals surface area contributed by atoms with Gasteiger partial charge in [0.2, 0.25) is 0 Å². The van der Waals surface area contributed by atoms with E-state index >= 15 is 0 Å². The zero-order chi connectivity index (χ0) is 15.9. The first-order valence-corrected chi connectivity index (χ1v) is 8.30. The maximum absolute atomic E-state index is 12.1. The highest BCUT2D eigenvalue weighted by Crippen LogP contribution is 2.11. The molecule has 1 saturated heterocycles. The van der Waals surface area contributed by atoms with Gasteiger partial charge in [-0.25, -0.2) is 0 Å². The standard InChI is InChI=1S/C18H29N3O/c1-4-20-11-13-21(14-12-20)15-16-5-7-17(8-6-16)18(22)9-10-19(2)3/h5-8H,4,9-15H2,1-3H3. The van der Waals surface area contributed by atoms with Crippen molar-refractivity contribution in [1.82, 2.24) is 14.7 Å². The molecule has 1 aromatic carbocycles. The molecule has 2 rings (SSSR count). The summed E-state index contributed by atoms with van der Waals surface area (Å²) in [5.41, 5.74) is 2.13. The molecule has 0 spiro atoms. The fourth-order valence-electron chi connectivity index (χ4n) is 2.79. The van der Waals surface area contributed by atoms with Gasteiger partial charge in [0.1, 0.15) is 0 Å². The number of Topliss-reactive ketones (excluding diaryl/α,β-unsaturated/α-hetero) is 1. The van der Waals surface area contributed by atoms with E-state index in [2.05, 4.69) is 28.9 Å². The zero-order valence-corrected chi connectivity index (χ0v) is 14.2. The molecule has 0 aliphatic carbocycles. The summed E-state index contributed by atoms with van der Waals surface area (Å²) in [5.74, 6) is 0.233. The van der Waals surface area contributed by atoms with Crippen LogP contribution in [-0.2, 0) is 6.54 Å². The first-order valence-electron chi connectivity index (χ1n) is 8.30. The van der Waals surface area contributed by atoms with Crippen LogP contribution in [0.25, 0.3) is 0 Å². The Labute approximate surface area is 134 Å². The molecule has 0 atom stereocenters. The van der Waals surface area contributed by atoms with E-state index in [1.54, 1.807) is 0 Å². The quantitative estimate of drug-likeness (QED) is 0.720. The maximum Gasteiger partial charge on any atom is 0.164 e. The van der Waals surface area contributed by atoms with Gasteiger partial charge in [0.25, 0.3) is 0 Å². The van der Waals surface area contributed by atoms with Gasteiger partial charge in [-0.2, -0.15) is 0 Å². The van der Waals surface area contributed by atoms with Gasteiger partial charge in [-0.05, 0) is 26.2 Å². The lowest BCUT2D eigenvalue weighted by Gasteiger charge is -2.34. The van der Waals surface area contributed by atoms with Crippen molar-refractivity contribution in [3.8, 4) is 0 Å². The molecule has 1 aliphatic rings. The second-order valence-corrected chi connectivity index (χ2v) is 6.38. The molecule has 1 heterocycles. The number of nitrogens with zero attached hydrogens (tertiary/aromatic N) is 3. The van der Waals surface area contributed by atoms with Gasteiger partial charge >= 0.3 is 0 Å². The summed E-state index contributed by atoms with van der Waals surface area (Å²) >= 11 is 0. The molecule has 0 saturated carbocycles. The van der Waals surface area contributed by atoms with Gasteiger partial charge in [0.05, 0.1) is 0 Å². The fraction of sp³-hybridized carbons (Fsp3) is 0.611. The van der Waals surface area contributed by atoms with E-state index in [9.17, 15) is 4.79 Å². The Morgan fingerprint density at radius 1 is 1.05 bits per heavy atom. The highest BCUT2D eigenvalue weighted by Gasteiger charge is 2.15.